The second-order valence-electron chi connectivity index (χ2n) is 3.56. The SMILES string of the molecule is CCC(N)c1nnc(-c2c(F)cccc2Cl)o1. The van der Waals surface area contributed by atoms with E-state index in [0.717, 1.165) is 0 Å². The summed E-state index contributed by atoms with van der Waals surface area (Å²) in [4.78, 5) is 0. The van der Waals surface area contributed by atoms with E-state index in [9.17, 15) is 4.39 Å². The van der Waals surface area contributed by atoms with E-state index in [1.165, 1.54) is 12.1 Å². The molecule has 0 radical (unpaired) electrons. The van der Waals surface area contributed by atoms with Crippen molar-refractivity contribution in [3.05, 3.63) is 34.9 Å². The summed E-state index contributed by atoms with van der Waals surface area (Å²) in [6.07, 6.45) is 0.659. The molecule has 1 aromatic carbocycles. The molecule has 0 aliphatic carbocycles. The summed E-state index contributed by atoms with van der Waals surface area (Å²) in [5.74, 6) is -0.174. The molecule has 6 heteroatoms. The minimum Gasteiger partial charge on any atom is -0.419 e. The maximum atomic E-state index is 13.6. The number of halogens is 2. The van der Waals surface area contributed by atoms with E-state index in [2.05, 4.69) is 10.2 Å². The normalized spacial score (nSPS) is 12.7. The van der Waals surface area contributed by atoms with E-state index in [-0.39, 0.29) is 28.4 Å². The summed E-state index contributed by atoms with van der Waals surface area (Å²) in [5, 5.41) is 7.76. The largest absolute Gasteiger partial charge is 0.419 e. The van der Waals surface area contributed by atoms with Gasteiger partial charge in [0.1, 0.15) is 5.82 Å². The van der Waals surface area contributed by atoms with Crippen molar-refractivity contribution in [1.29, 1.82) is 0 Å². The number of rotatable bonds is 3. The first-order chi connectivity index (χ1) is 8.13. The van der Waals surface area contributed by atoms with Gasteiger partial charge in [0.2, 0.25) is 5.89 Å². The molecule has 1 aromatic heterocycles. The first-order valence-electron chi connectivity index (χ1n) is 5.16. The molecule has 4 nitrogen and oxygen atoms in total. The molecular formula is C11H11ClFN3O. The van der Waals surface area contributed by atoms with Gasteiger partial charge >= 0.3 is 0 Å². The van der Waals surface area contributed by atoms with Crippen LogP contribution in [-0.4, -0.2) is 10.2 Å². The molecule has 1 unspecified atom stereocenters. The van der Waals surface area contributed by atoms with Gasteiger partial charge in [-0.05, 0) is 18.6 Å². The third-order valence-electron chi connectivity index (χ3n) is 2.37. The lowest BCUT2D eigenvalue weighted by Crippen LogP contribution is -2.08. The Morgan fingerprint density at radius 3 is 2.88 bits per heavy atom. The molecule has 17 heavy (non-hydrogen) atoms. The highest BCUT2D eigenvalue weighted by Gasteiger charge is 2.18. The lowest BCUT2D eigenvalue weighted by Gasteiger charge is -2.02. The van der Waals surface area contributed by atoms with E-state index >= 15 is 0 Å². The Bertz CT molecular complexity index is 509. The molecule has 2 aromatic rings. The molecule has 0 spiro atoms. The maximum absolute atomic E-state index is 13.6. The maximum Gasteiger partial charge on any atom is 0.252 e. The van der Waals surface area contributed by atoms with Crippen LogP contribution in [-0.2, 0) is 0 Å². The quantitative estimate of drug-likeness (QED) is 0.916. The van der Waals surface area contributed by atoms with E-state index < -0.39 is 5.82 Å². The monoisotopic (exact) mass is 255 g/mol. The van der Waals surface area contributed by atoms with Crippen molar-refractivity contribution in [1.82, 2.24) is 10.2 Å². The van der Waals surface area contributed by atoms with Gasteiger partial charge in [0.25, 0.3) is 5.89 Å². The fraction of sp³-hybridized carbons (Fsp3) is 0.273. The summed E-state index contributed by atoms with van der Waals surface area (Å²) in [6, 6.07) is 4.01. The highest BCUT2D eigenvalue weighted by atomic mass is 35.5. The van der Waals surface area contributed by atoms with Crippen LogP contribution in [0.5, 0.6) is 0 Å². The van der Waals surface area contributed by atoms with Crippen LogP contribution in [0.15, 0.2) is 22.6 Å². The summed E-state index contributed by atoms with van der Waals surface area (Å²) in [5.41, 5.74) is 5.85. The molecule has 2 N–H and O–H groups in total. The predicted octanol–water partition coefficient (Wildman–Crippen LogP) is 2.94. The van der Waals surface area contributed by atoms with Crippen LogP contribution in [0.1, 0.15) is 25.3 Å². The van der Waals surface area contributed by atoms with E-state index in [1.807, 2.05) is 6.92 Å². The third kappa shape index (κ3) is 2.30. The second-order valence-corrected chi connectivity index (χ2v) is 3.96. The fourth-order valence-corrected chi connectivity index (χ4v) is 1.61. The number of nitrogens with zero attached hydrogens (tertiary/aromatic N) is 2. The Morgan fingerprint density at radius 1 is 1.47 bits per heavy atom. The average Bonchev–Trinajstić information content (AvgIpc) is 2.77. The molecule has 0 bridgehead atoms. The molecule has 0 aliphatic heterocycles. The summed E-state index contributed by atoms with van der Waals surface area (Å²) < 4.78 is 18.9. The Hall–Kier alpha value is -1.46. The minimum atomic E-state index is -0.502. The van der Waals surface area contributed by atoms with Gasteiger partial charge < -0.3 is 10.2 Å². The van der Waals surface area contributed by atoms with Gasteiger partial charge in [0.15, 0.2) is 0 Å². The molecular weight excluding hydrogens is 245 g/mol. The summed E-state index contributed by atoms with van der Waals surface area (Å²) in [6.45, 7) is 1.89. The standard InChI is InChI=1S/C11H11ClFN3O/c1-2-8(14)10-15-16-11(17-10)9-6(12)4-3-5-7(9)13/h3-5,8H,2,14H2,1H3. The van der Waals surface area contributed by atoms with Gasteiger partial charge in [-0.2, -0.15) is 0 Å². The van der Waals surface area contributed by atoms with Gasteiger partial charge in [-0.1, -0.05) is 24.6 Å². The number of hydrogen-bond acceptors (Lipinski definition) is 4. The number of benzene rings is 1. The lowest BCUT2D eigenvalue weighted by molar-refractivity contribution is 0.450. The van der Waals surface area contributed by atoms with Gasteiger partial charge in [-0.15, -0.1) is 10.2 Å². The topological polar surface area (TPSA) is 64.9 Å². The molecule has 0 saturated carbocycles. The molecule has 0 fully saturated rings. The minimum absolute atomic E-state index is 0.0481. The van der Waals surface area contributed by atoms with Crippen LogP contribution in [0.25, 0.3) is 11.5 Å². The first-order valence-corrected chi connectivity index (χ1v) is 5.54. The molecule has 1 heterocycles. The number of hydrogen-bond donors (Lipinski definition) is 1. The Morgan fingerprint density at radius 2 is 2.24 bits per heavy atom. The van der Waals surface area contributed by atoms with Gasteiger partial charge in [0.05, 0.1) is 16.6 Å². The first kappa shape index (κ1) is 12.0. The number of nitrogens with two attached hydrogens (primary N) is 1. The van der Waals surface area contributed by atoms with Gasteiger partial charge in [-0.3, -0.25) is 0 Å². The van der Waals surface area contributed by atoms with Crippen LogP contribution in [0, 0.1) is 5.82 Å². The van der Waals surface area contributed by atoms with E-state index in [4.69, 9.17) is 21.8 Å². The fourth-order valence-electron chi connectivity index (χ4n) is 1.36. The molecule has 2 rings (SSSR count). The molecule has 90 valence electrons. The zero-order chi connectivity index (χ0) is 12.4. The van der Waals surface area contributed by atoms with Gasteiger partial charge in [0, 0.05) is 0 Å². The molecule has 0 amide bonds. The van der Waals surface area contributed by atoms with E-state index in [0.29, 0.717) is 6.42 Å². The van der Waals surface area contributed by atoms with Crippen molar-refractivity contribution in [2.75, 3.05) is 0 Å². The predicted molar refractivity (Wildman–Crippen MR) is 61.9 cm³/mol. The van der Waals surface area contributed by atoms with Crippen LogP contribution in [0.2, 0.25) is 5.02 Å². The van der Waals surface area contributed by atoms with Crippen molar-refractivity contribution < 1.29 is 8.81 Å². The molecule has 0 aliphatic rings. The van der Waals surface area contributed by atoms with Crippen LogP contribution < -0.4 is 5.73 Å². The average molecular weight is 256 g/mol. The highest BCUT2D eigenvalue weighted by Crippen LogP contribution is 2.30. The summed E-state index contributed by atoms with van der Waals surface area (Å²) in [7, 11) is 0. The van der Waals surface area contributed by atoms with Crippen LogP contribution >= 0.6 is 11.6 Å². The zero-order valence-corrected chi connectivity index (χ0v) is 9.91. The second kappa shape index (κ2) is 4.81. The Balaban J connectivity index is 2.44. The Kier molecular flexibility index (Phi) is 3.40. The molecule has 0 saturated heterocycles. The van der Waals surface area contributed by atoms with Crippen molar-refractivity contribution >= 4 is 11.6 Å². The van der Waals surface area contributed by atoms with Crippen molar-refractivity contribution in [3.63, 3.8) is 0 Å². The zero-order valence-electron chi connectivity index (χ0n) is 9.15. The van der Waals surface area contributed by atoms with Crippen molar-refractivity contribution in [2.24, 2.45) is 5.73 Å². The smallest absolute Gasteiger partial charge is 0.252 e. The van der Waals surface area contributed by atoms with Gasteiger partial charge in [-0.25, -0.2) is 4.39 Å². The lowest BCUT2D eigenvalue weighted by atomic mass is 10.2. The van der Waals surface area contributed by atoms with Crippen molar-refractivity contribution in [2.45, 2.75) is 19.4 Å². The summed E-state index contributed by atoms with van der Waals surface area (Å²) >= 11 is 5.89. The van der Waals surface area contributed by atoms with E-state index in [1.54, 1.807) is 6.07 Å². The van der Waals surface area contributed by atoms with Crippen LogP contribution in [0.3, 0.4) is 0 Å². The highest BCUT2D eigenvalue weighted by molar-refractivity contribution is 6.33. The Labute approximate surface area is 103 Å². The molecule has 1 atom stereocenters. The van der Waals surface area contributed by atoms with Crippen LogP contribution in [0.4, 0.5) is 4.39 Å². The number of aromatic nitrogens is 2. The van der Waals surface area contributed by atoms with Crippen molar-refractivity contribution in [3.8, 4) is 11.5 Å². The third-order valence-corrected chi connectivity index (χ3v) is 2.69.